The maximum absolute atomic E-state index is 2.37. The molecule has 0 N–H and O–H groups in total. The van der Waals surface area contributed by atoms with Gasteiger partial charge in [-0.05, 0) is 51.4 Å². The van der Waals surface area contributed by atoms with Crippen molar-refractivity contribution in [1.82, 2.24) is 0 Å². The highest BCUT2D eigenvalue weighted by Gasteiger charge is 2.25. The van der Waals surface area contributed by atoms with Crippen LogP contribution in [0, 0.1) is 0 Å². The smallest absolute Gasteiger partial charge is 0.0786 e. The van der Waals surface area contributed by atoms with Gasteiger partial charge in [0, 0.05) is 0 Å². The number of hydrogen-bond donors (Lipinski definition) is 0. The SMILES string of the molecule is CCCCCCCCCCCCCCCC[N+](CCCCCCCC)(CCCCCCCCCCCCCCCC)CCCCCCCCCCCCCCCC. The van der Waals surface area contributed by atoms with Gasteiger partial charge < -0.3 is 4.48 Å². The summed E-state index contributed by atoms with van der Waals surface area (Å²) in [5, 5.41) is 0. The predicted molar refractivity (Wildman–Crippen MR) is 264 cm³/mol. The average Bonchev–Trinajstić information content (AvgIpc) is 3.22. The number of rotatable bonds is 52. The van der Waals surface area contributed by atoms with Gasteiger partial charge in [-0.2, -0.15) is 0 Å². The Kier molecular flexibility index (Phi) is 50.3. The van der Waals surface area contributed by atoms with Crippen molar-refractivity contribution < 1.29 is 4.48 Å². The molecule has 0 atom stereocenters. The zero-order valence-corrected chi connectivity index (χ0v) is 41.2. The van der Waals surface area contributed by atoms with Crippen molar-refractivity contribution in [2.24, 2.45) is 0 Å². The third kappa shape index (κ3) is 45.3. The summed E-state index contributed by atoms with van der Waals surface area (Å²) in [5.41, 5.74) is 0. The third-order valence-corrected chi connectivity index (χ3v) is 13.9. The van der Waals surface area contributed by atoms with Gasteiger partial charge in [-0.25, -0.2) is 0 Å². The highest BCUT2D eigenvalue weighted by molar-refractivity contribution is 4.57. The first-order valence-corrected chi connectivity index (χ1v) is 28.1. The van der Waals surface area contributed by atoms with Gasteiger partial charge in [0.15, 0.2) is 0 Å². The average molecular weight is 804 g/mol. The van der Waals surface area contributed by atoms with Gasteiger partial charge in [-0.15, -0.1) is 0 Å². The second kappa shape index (κ2) is 50.3. The van der Waals surface area contributed by atoms with E-state index in [4.69, 9.17) is 0 Å². The first-order valence-electron chi connectivity index (χ1n) is 28.1. The fourth-order valence-corrected chi connectivity index (χ4v) is 9.82. The van der Waals surface area contributed by atoms with E-state index >= 15 is 0 Å². The lowest BCUT2D eigenvalue weighted by Crippen LogP contribution is -2.50. The molecule has 1 nitrogen and oxygen atoms in total. The van der Waals surface area contributed by atoms with Crippen LogP contribution in [0.1, 0.15) is 336 Å². The monoisotopic (exact) mass is 803 g/mol. The molecular formula is C56H116N+. The summed E-state index contributed by atoms with van der Waals surface area (Å²) in [6, 6.07) is 0. The van der Waals surface area contributed by atoms with Crippen molar-refractivity contribution in [2.75, 3.05) is 26.2 Å². The van der Waals surface area contributed by atoms with Crippen LogP contribution in [0.3, 0.4) is 0 Å². The molecule has 344 valence electrons. The Balaban J connectivity index is 4.73. The molecule has 0 rings (SSSR count). The van der Waals surface area contributed by atoms with E-state index in [1.807, 2.05) is 0 Å². The maximum Gasteiger partial charge on any atom is 0.0786 e. The molecule has 0 saturated carbocycles. The van der Waals surface area contributed by atoms with E-state index in [0.29, 0.717) is 0 Å². The lowest BCUT2D eigenvalue weighted by atomic mass is 10.0. The molecule has 0 aliphatic rings. The van der Waals surface area contributed by atoms with Crippen molar-refractivity contribution >= 4 is 0 Å². The zero-order chi connectivity index (χ0) is 41.3. The molecule has 0 aliphatic heterocycles. The molecule has 0 aliphatic carbocycles. The van der Waals surface area contributed by atoms with Gasteiger partial charge in [-0.1, -0.05) is 285 Å². The Bertz CT molecular complexity index is 606. The highest BCUT2D eigenvalue weighted by Crippen LogP contribution is 2.22. The van der Waals surface area contributed by atoms with Crippen LogP contribution in [0.25, 0.3) is 0 Å². The first-order chi connectivity index (χ1) is 28.2. The Hall–Kier alpha value is -0.0400. The molecule has 0 radical (unpaired) electrons. The molecule has 0 aromatic rings. The van der Waals surface area contributed by atoms with Crippen LogP contribution in [0.15, 0.2) is 0 Å². The minimum absolute atomic E-state index is 1.37. The number of quaternary nitrogens is 1. The van der Waals surface area contributed by atoms with Crippen LogP contribution in [-0.2, 0) is 0 Å². The van der Waals surface area contributed by atoms with E-state index in [9.17, 15) is 0 Å². The van der Waals surface area contributed by atoms with Crippen LogP contribution < -0.4 is 0 Å². The predicted octanol–water partition coefficient (Wildman–Crippen LogP) is 20.6. The minimum Gasteiger partial charge on any atom is -0.324 e. The van der Waals surface area contributed by atoms with E-state index in [2.05, 4.69) is 27.7 Å². The summed E-state index contributed by atoms with van der Waals surface area (Å²) >= 11 is 0. The lowest BCUT2D eigenvalue weighted by molar-refractivity contribution is -0.929. The van der Waals surface area contributed by atoms with E-state index in [-0.39, 0.29) is 0 Å². The van der Waals surface area contributed by atoms with Crippen molar-refractivity contribution in [1.29, 1.82) is 0 Å². The summed E-state index contributed by atoms with van der Waals surface area (Å²) in [5.74, 6) is 0. The van der Waals surface area contributed by atoms with Gasteiger partial charge >= 0.3 is 0 Å². The van der Waals surface area contributed by atoms with Gasteiger partial charge in [0.25, 0.3) is 0 Å². The summed E-state index contributed by atoms with van der Waals surface area (Å²) in [6.07, 6.45) is 70.7. The van der Waals surface area contributed by atoms with Crippen molar-refractivity contribution in [3.05, 3.63) is 0 Å². The Morgan fingerprint density at radius 1 is 0.140 bits per heavy atom. The molecule has 0 unspecified atom stereocenters. The van der Waals surface area contributed by atoms with Gasteiger partial charge in [0.1, 0.15) is 0 Å². The van der Waals surface area contributed by atoms with Gasteiger partial charge in [0.2, 0.25) is 0 Å². The van der Waals surface area contributed by atoms with E-state index in [1.165, 1.54) is 339 Å². The van der Waals surface area contributed by atoms with Crippen molar-refractivity contribution in [3.8, 4) is 0 Å². The fraction of sp³-hybridized carbons (Fsp3) is 1.00. The normalized spacial score (nSPS) is 12.0. The highest BCUT2D eigenvalue weighted by atomic mass is 15.3. The van der Waals surface area contributed by atoms with Crippen molar-refractivity contribution in [3.63, 3.8) is 0 Å². The quantitative estimate of drug-likeness (QED) is 0.0424. The molecule has 0 spiro atoms. The van der Waals surface area contributed by atoms with E-state index in [0.717, 1.165) is 0 Å². The second-order valence-electron chi connectivity index (χ2n) is 19.8. The maximum atomic E-state index is 2.37. The first kappa shape index (κ1) is 57.0. The minimum atomic E-state index is 1.37. The summed E-state index contributed by atoms with van der Waals surface area (Å²) in [4.78, 5) is 0. The Labute approximate surface area is 365 Å². The van der Waals surface area contributed by atoms with Crippen LogP contribution in [0.2, 0.25) is 0 Å². The summed E-state index contributed by atoms with van der Waals surface area (Å²) in [7, 11) is 0. The molecule has 0 heterocycles. The molecule has 0 amide bonds. The molecule has 57 heavy (non-hydrogen) atoms. The van der Waals surface area contributed by atoms with Crippen molar-refractivity contribution in [2.45, 2.75) is 336 Å². The standard InChI is InChI=1S/C56H116N/c1-5-9-13-17-21-24-27-30-33-36-39-42-46-50-54-57(53-49-45-20-16-12-8-4,55-51-47-43-40-37-34-31-28-25-22-18-14-10-6-2)56-52-48-44-41-38-35-32-29-26-23-19-15-11-7-3/h5-56H2,1-4H3/q+1. The van der Waals surface area contributed by atoms with Crippen LogP contribution in [0.4, 0.5) is 0 Å². The molecule has 0 aromatic carbocycles. The van der Waals surface area contributed by atoms with E-state index < -0.39 is 0 Å². The molecule has 0 bridgehead atoms. The number of hydrogen-bond acceptors (Lipinski definition) is 0. The number of nitrogens with zero attached hydrogens (tertiary/aromatic N) is 1. The second-order valence-corrected chi connectivity index (χ2v) is 19.8. The van der Waals surface area contributed by atoms with Crippen LogP contribution in [0.5, 0.6) is 0 Å². The third-order valence-electron chi connectivity index (χ3n) is 13.9. The zero-order valence-electron chi connectivity index (χ0n) is 41.2. The lowest BCUT2D eigenvalue weighted by Gasteiger charge is -2.40. The Morgan fingerprint density at radius 2 is 0.246 bits per heavy atom. The van der Waals surface area contributed by atoms with Crippen LogP contribution >= 0.6 is 0 Å². The molecule has 0 fully saturated rings. The Morgan fingerprint density at radius 3 is 0.368 bits per heavy atom. The van der Waals surface area contributed by atoms with Crippen LogP contribution in [-0.4, -0.2) is 30.7 Å². The molecular weight excluding hydrogens is 687 g/mol. The van der Waals surface area contributed by atoms with Gasteiger partial charge in [0.05, 0.1) is 26.2 Å². The summed E-state index contributed by atoms with van der Waals surface area (Å²) < 4.78 is 1.49. The summed E-state index contributed by atoms with van der Waals surface area (Å²) in [6.45, 7) is 15.3. The molecule has 0 aromatic heterocycles. The fourth-order valence-electron chi connectivity index (χ4n) is 9.82. The molecule has 1 heteroatoms. The van der Waals surface area contributed by atoms with E-state index in [1.54, 1.807) is 0 Å². The van der Waals surface area contributed by atoms with Gasteiger partial charge in [-0.3, -0.25) is 0 Å². The molecule has 0 saturated heterocycles. The number of unbranched alkanes of at least 4 members (excludes halogenated alkanes) is 44. The topological polar surface area (TPSA) is 0 Å². The largest absolute Gasteiger partial charge is 0.324 e.